The molecular weight excluding hydrogens is 422 g/mol. The first-order chi connectivity index (χ1) is 10.8. The predicted molar refractivity (Wildman–Crippen MR) is 87.3 cm³/mol. The fourth-order valence-corrected chi connectivity index (χ4v) is 2.36. The summed E-state index contributed by atoms with van der Waals surface area (Å²) in [6.07, 6.45) is -1.83. The van der Waals surface area contributed by atoms with E-state index < -0.39 is 17.6 Å². The number of nitrogens with zero attached hydrogens (tertiary/aromatic N) is 2. The Labute approximate surface area is 142 Å². The van der Waals surface area contributed by atoms with E-state index in [1.54, 1.807) is 12.1 Å². The second kappa shape index (κ2) is 5.84. The highest BCUT2D eigenvalue weighted by Gasteiger charge is 2.30. The Balaban J connectivity index is 1.87. The van der Waals surface area contributed by atoms with Gasteiger partial charge in [0.15, 0.2) is 0 Å². The molecule has 0 spiro atoms. The Morgan fingerprint density at radius 2 is 1.87 bits per heavy atom. The molecule has 1 aromatic carbocycles. The molecule has 3 rings (SSSR count). The number of nitrogens with one attached hydrogen (secondary N) is 1. The van der Waals surface area contributed by atoms with Crippen molar-refractivity contribution in [1.82, 2.24) is 9.38 Å². The van der Waals surface area contributed by atoms with Gasteiger partial charge in [0, 0.05) is 21.7 Å². The minimum Gasteiger partial charge on any atom is -0.321 e. The van der Waals surface area contributed by atoms with Crippen molar-refractivity contribution in [2.24, 2.45) is 0 Å². The van der Waals surface area contributed by atoms with Crippen molar-refractivity contribution < 1.29 is 18.0 Å². The van der Waals surface area contributed by atoms with Crippen LogP contribution in [0.3, 0.4) is 0 Å². The number of rotatable bonds is 2. The van der Waals surface area contributed by atoms with Crippen LogP contribution in [0.15, 0.2) is 48.8 Å². The topological polar surface area (TPSA) is 46.4 Å². The first-order valence-electron chi connectivity index (χ1n) is 6.46. The summed E-state index contributed by atoms with van der Waals surface area (Å²) in [5.74, 6) is -0.483. The molecule has 0 atom stereocenters. The number of amides is 1. The third kappa shape index (κ3) is 3.46. The number of aromatic nitrogens is 2. The van der Waals surface area contributed by atoms with Crippen molar-refractivity contribution >= 4 is 39.8 Å². The molecule has 0 bridgehead atoms. The lowest BCUT2D eigenvalue weighted by atomic mass is 10.2. The summed E-state index contributed by atoms with van der Waals surface area (Å²) in [5, 5.41) is 2.65. The van der Waals surface area contributed by atoms with Gasteiger partial charge in [0.05, 0.1) is 5.56 Å². The number of pyridine rings is 1. The van der Waals surface area contributed by atoms with E-state index in [4.69, 9.17) is 0 Å². The molecule has 23 heavy (non-hydrogen) atoms. The molecule has 118 valence electrons. The minimum absolute atomic E-state index is 0.0443. The zero-order valence-corrected chi connectivity index (χ0v) is 13.6. The molecule has 4 nitrogen and oxygen atoms in total. The summed E-state index contributed by atoms with van der Waals surface area (Å²) < 4.78 is 40.4. The van der Waals surface area contributed by atoms with Crippen molar-refractivity contribution in [3.05, 3.63) is 63.6 Å². The Bertz CT molecular complexity index is 872. The number of carbonyl (C=O) groups excluding carboxylic acids is 1. The number of anilines is 1. The Morgan fingerprint density at radius 1 is 1.17 bits per heavy atom. The summed E-state index contributed by atoms with van der Waals surface area (Å²) >= 11 is 2.14. The normalized spacial score (nSPS) is 11.7. The van der Waals surface area contributed by atoms with Gasteiger partial charge in [-0.25, -0.2) is 4.98 Å². The summed E-state index contributed by atoms with van der Waals surface area (Å²) in [4.78, 5) is 16.1. The van der Waals surface area contributed by atoms with Crippen molar-refractivity contribution in [2.75, 3.05) is 5.32 Å². The number of hydrogen-bond acceptors (Lipinski definition) is 2. The molecule has 2 aromatic heterocycles. The van der Waals surface area contributed by atoms with E-state index in [1.165, 1.54) is 16.8 Å². The van der Waals surface area contributed by atoms with Gasteiger partial charge in [0.25, 0.3) is 5.91 Å². The molecule has 1 N–H and O–H groups in total. The van der Waals surface area contributed by atoms with E-state index in [1.807, 2.05) is 12.1 Å². The number of carbonyl (C=O) groups is 1. The van der Waals surface area contributed by atoms with Crippen LogP contribution in [-0.4, -0.2) is 15.3 Å². The second-order valence-corrected chi connectivity index (χ2v) is 6.01. The molecule has 0 aliphatic rings. The maximum absolute atomic E-state index is 12.7. The average molecular weight is 431 g/mol. The van der Waals surface area contributed by atoms with Gasteiger partial charge in [-0.1, -0.05) is 0 Å². The van der Waals surface area contributed by atoms with Crippen LogP contribution in [0.1, 0.15) is 16.1 Å². The first kappa shape index (κ1) is 15.8. The minimum atomic E-state index is -4.45. The summed E-state index contributed by atoms with van der Waals surface area (Å²) in [6, 6.07) is 8.97. The fourth-order valence-electron chi connectivity index (χ4n) is 2.00. The molecule has 0 aliphatic heterocycles. The number of benzene rings is 1. The average Bonchev–Trinajstić information content (AvgIpc) is 2.92. The van der Waals surface area contributed by atoms with Crippen LogP contribution in [0.25, 0.3) is 5.65 Å². The van der Waals surface area contributed by atoms with Crippen molar-refractivity contribution in [2.45, 2.75) is 6.18 Å². The van der Waals surface area contributed by atoms with E-state index in [2.05, 4.69) is 32.9 Å². The highest BCUT2D eigenvalue weighted by atomic mass is 127. The molecule has 0 saturated heterocycles. The van der Waals surface area contributed by atoms with E-state index in [0.29, 0.717) is 5.69 Å². The smallest absolute Gasteiger partial charge is 0.321 e. The zero-order valence-electron chi connectivity index (χ0n) is 11.4. The number of hydrogen-bond donors (Lipinski definition) is 1. The van der Waals surface area contributed by atoms with E-state index in [0.717, 1.165) is 15.7 Å². The SMILES string of the molecule is O=C(Nc1ccc(I)cc1)c1cn2ccc(C(F)(F)F)cc2n1. The lowest BCUT2D eigenvalue weighted by molar-refractivity contribution is -0.137. The molecule has 3 aromatic rings. The maximum atomic E-state index is 12.7. The fraction of sp³-hybridized carbons (Fsp3) is 0.0667. The van der Waals surface area contributed by atoms with Crippen LogP contribution in [0.4, 0.5) is 18.9 Å². The van der Waals surface area contributed by atoms with Gasteiger partial charge in [-0.2, -0.15) is 13.2 Å². The van der Waals surface area contributed by atoms with Crippen LogP contribution < -0.4 is 5.32 Å². The lowest BCUT2D eigenvalue weighted by Crippen LogP contribution is -2.12. The van der Waals surface area contributed by atoms with Crippen LogP contribution in [0, 0.1) is 3.57 Å². The van der Waals surface area contributed by atoms with Crippen LogP contribution in [-0.2, 0) is 6.18 Å². The monoisotopic (exact) mass is 431 g/mol. The molecule has 0 unspecified atom stereocenters. The number of alkyl halides is 3. The van der Waals surface area contributed by atoms with Gasteiger partial charge in [0.1, 0.15) is 11.3 Å². The quantitative estimate of drug-likeness (QED) is 0.619. The van der Waals surface area contributed by atoms with Gasteiger partial charge < -0.3 is 9.72 Å². The summed E-state index contributed by atoms with van der Waals surface area (Å²) in [6.45, 7) is 0. The third-order valence-electron chi connectivity index (χ3n) is 3.12. The Kier molecular flexibility index (Phi) is 4.00. The highest BCUT2D eigenvalue weighted by molar-refractivity contribution is 14.1. The Morgan fingerprint density at radius 3 is 2.52 bits per heavy atom. The summed E-state index contributed by atoms with van der Waals surface area (Å²) in [5.41, 5.74) is -0.112. The highest BCUT2D eigenvalue weighted by Crippen LogP contribution is 2.29. The standard InChI is InChI=1S/C15H9F3IN3O/c16-15(17,18)9-5-6-22-8-12(21-13(22)7-9)14(23)20-11-3-1-10(19)2-4-11/h1-8H,(H,20,23). The van der Waals surface area contributed by atoms with E-state index in [-0.39, 0.29) is 11.3 Å². The van der Waals surface area contributed by atoms with Crippen molar-refractivity contribution in [3.8, 4) is 0 Å². The number of fused-ring (bicyclic) bond motifs is 1. The molecule has 0 saturated carbocycles. The molecule has 0 fully saturated rings. The largest absolute Gasteiger partial charge is 0.416 e. The maximum Gasteiger partial charge on any atom is 0.416 e. The van der Waals surface area contributed by atoms with Gasteiger partial charge in [-0.15, -0.1) is 0 Å². The predicted octanol–water partition coefficient (Wildman–Crippen LogP) is 4.21. The number of halogens is 4. The lowest BCUT2D eigenvalue weighted by Gasteiger charge is -2.05. The van der Waals surface area contributed by atoms with Gasteiger partial charge in [0.2, 0.25) is 0 Å². The van der Waals surface area contributed by atoms with Crippen LogP contribution in [0.5, 0.6) is 0 Å². The van der Waals surface area contributed by atoms with Gasteiger partial charge >= 0.3 is 6.18 Å². The summed E-state index contributed by atoms with van der Waals surface area (Å²) in [7, 11) is 0. The molecule has 8 heteroatoms. The van der Waals surface area contributed by atoms with Crippen molar-refractivity contribution in [1.29, 1.82) is 0 Å². The molecule has 0 aliphatic carbocycles. The Hall–Kier alpha value is -2.10. The molecular formula is C15H9F3IN3O. The third-order valence-corrected chi connectivity index (χ3v) is 3.84. The molecule has 0 radical (unpaired) electrons. The van der Waals surface area contributed by atoms with Gasteiger partial charge in [-0.3, -0.25) is 4.79 Å². The first-order valence-corrected chi connectivity index (χ1v) is 7.54. The van der Waals surface area contributed by atoms with Crippen LogP contribution in [0.2, 0.25) is 0 Å². The van der Waals surface area contributed by atoms with Crippen molar-refractivity contribution in [3.63, 3.8) is 0 Å². The van der Waals surface area contributed by atoms with Gasteiger partial charge in [-0.05, 0) is 59.0 Å². The number of imidazole rings is 1. The zero-order chi connectivity index (χ0) is 16.6. The van der Waals surface area contributed by atoms with Crippen LogP contribution >= 0.6 is 22.6 Å². The molecule has 2 heterocycles. The molecule has 1 amide bonds. The van der Waals surface area contributed by atoms with E-state index >= 15 is 0 Å². The second-order valence-electron chi connectivity index (χ2n) is 4.77. The van der Waals surface area contributed by atoms with E-state index in [9.17, 15) is 18.0 Å².